The Kier molecular flexibility index (Phi) is 6.80. The molecule has 150 valence electrons. The Labute approximate surface area is 174 Å². The summed E-state index contributed by atoms with van der Waals surface area (Å²) in [7, 11) is 1.50. The van der Waals surface area contributed by atoms with Crippen LogP contribution in [0.4, 0.5) is 10.1 Å². The zero-order chi connectivity index (χ0) is 21.3. The second-order valence-corrected chi connectivity index (χ2v) is 6.27. The van der Waals surface area contributed by atoms with Gasteiger partial charge in [0.25, 0.3) is 5.91 Å². The van der Waals surface area contributed by atoms with E-state index in [1.165, 1.54) is 19.3 Å². The van der Waals surface area contributed by atoms with Gasteiger partial charge in [-0.3, -0.25) is 4.79 Å². The van der Waals surface area contributed by atoms with Crippen molar-refractivity contribution in [3.8, 4) is 17.6 Å². The highest BCUT2D eigenvalue weighted by atomic mass is 19.1. The van der Waals surface area contributed by atoms with Crippen LogP contribution in [0.15, 0.2) is 78.4 Å². The van der Waals surface area contributed by atoms with Crippen molar-refractivity contribution in [1.29, 1.82) is 5.26 Å². The molecule has 0 aliphatic rings. The molecule has 0 heterocycles. The van der Waals surface area contributed by atoms with E-state index in [1.807, 2.05) is 6.07 Å². The number of carbonyl (C=O) groups excluding carboxylic acids is 1. The Morgan fingerprint density at radius 3 is 2.47 bits per heavy atom. The van der Waals surface area contributed by atoms with E-state index in [0.29, 0.717) is 28.3 Å². The largest absolute Gasteiger partial charge is 0.495 e. The first-order chi connectivity index (χ1) is 14.6. The minimum absolute atomic E-state index is 0.0547. The lowest BCUT2D eigenvalue weighted by Gasteiger charge is -2.09. The zero-order valence-corrected chi connectivity index (χ0v) is 16.3. The van der Waals surface area contributed by atoms with Gasteiger partial charge >= 0.3 is 0 Å². The normalized spacial score (nSPS) is 10.8. The van der Waals surface area contributed by atoms with Gasteiger partial charge in [0.1, 0.15) is 35.6 Å². The van der Waals surface area contributed by atoms with E-state index < -0.39 is 5.91 Å². The minimum Gasteiger partial charge on any atom is -0.495 e. The number of nitrogens with zero attached hydrogens (tertiary/aromatic N) is 1. The Hall–Kier alpha value is -4.11. The summed E-state index contributed by atoms with van der Waals surface area (Å²) in [5.41, 5.74) is 1.53. The molecule has 3 aromatic carbocycles. The first-order valence-electron chi connectivity index (χ1n) is 9.13. The van der Waals surface area contributed by atoms with Gasteiger partial charge in [0.2, 0.25) is 0 Å². The van der Waals surface area contributed by atoms with Gasteiger partial charge < -0.3 is 14.8 Å². The molecule has 0 bridgehead atoms. The van der Waals surface area contributed by atoms with E-state index in [9.17, 15) is 14.4 Å². The zero-order valence-electron chi connectivity index (χ0n) is 16.3. The fourth-order valence-electron chi connectivity index (χ4n) is 2.69. The quantitative estimate of drug-likeness (QED) is 0.448. The Bertz CT molecular complexity index is 1100. The number of halogens is 1. The Balaban J connectivity index is 1.67. The number of hydrogen-bond acceptors (Lipinski definition) is 4. The SMILES string of the molecule is COc1ccccc1NC(=O)C(C#N)=Cc1ccc(OCc2ccccc2F)cc1. The van der Waals surface area contributed by atoms with Crippen molar-refractivity contribution in [2.24, 2.45) is 0 Å². The van der Waals surface area contributed by atoms with Crippen LogP contribution in [0.1, 0.15) is 11.1 Å². The van der Waals surface area contributed by atoms with Gasteiger partial charge in [-0.2, -0.15) is 5.26 Å². The van der Waals surface area contributed by atoms with Crippen LogP contribution >= 0.6 is 0 Å². The molecule has 0 aromatic heterocycles. The van der Waals surface area contributed by atoms with Gasteiger partial charge in [0.15, 0.2) is 0 Å². The molecule has 0 aliphatic heterocycles. The molecular formula is C24H19FN2O3. The lowest BCUT2D eigenvalue weighted by atomic mass is 10.1. The van der Waals surface area contributed by atoms with Crippen molar-refractivity contribution in [1.82, 2.24) is 0 Å². The lowest BCUT2D eigenvalue weighted by molar-refractivity contribution is -0.112. The van der Waals surface area contributed by atoms with Crippen LogP contribution in [0.3, 0.4) is 0 Å². The Morgan fingerprint density at radius 1 is 1.07 bits per heavy atom. The molecule has 5 nitrogen and oxygen atoms in total. The number of nitrogens with one attached hydrogen (secondary N) is 1. The summed E-state index contributed by atoms with van der Waals surface area (Å²) in [6.07, 6.45) is 1.48. The number of benzene rings is 3. The third-order valence-electron chi connectivity index (χ3n) is 4.26. The summed E-state index contributed by atoms with van der Waals surface area (Å²) >= 11 is 0. The van der Waals surface area contributed by atoms with Crippen molar-refractivity contribution < 1.29 is 18.7 Å². The molecule has 0 saturated carbocycles. The average molecular weight is 402 g/mol. The summed E-state index contributed by atoms with van der Waals surface area (Å²) in [4.78, 5) is 12.5. The van der Waals surface area contributed by atoms with E-state index in [-0.39, 0.29) is 18.0 Å². The number of amides is 1. The molecule has 0 aliphatic carbocycles. The van der Waals surface area contributed by atoms with Crippen LogP contribution in [0.25, 0.3) is 6.08 Å². The number of ether oxygens (including phenoxy) is 2. The number of nitriles is 1. The van der Waals surface area contributed by atoms with Crippen LogP contribution in [0.2, 0.25) is 0 Å². The number of para-hydroxylation sites is 2. The van der Waals surface area contributed by atoms with Gasteiger partial charge in [-0.1, -0.05) is 42.5 Å². The molecule has 0 atom stereocenters. The summed E-state index contributed by atoms with van der Waals surface area (Å²) in [5.74, 6) is 0.186. The highest BCUT2D eigenvalue weighted by Gasteiger charge is 2.12. The average Bonchev–Trinajstić information content (AvgIpc) is 2.78. The third-order valence-corrected chi connectivity index (χ3v) is 4.26. The molecule has 30 heavy (non-hydrogen) atoms. The molecule has 0 unspecified atom stereocenters. The second kappa shape index (κ2) is 9.89. The Morgan fingerprint density at radius 2 is 1.77 bits per heavy atom. The smallest absolute Gasteiger partial charge is 0.266 e. The monoisotopic (exact) mass is 402 g/mol. The second-order valence-electron chi connectivity index (χ2n) is 6.27. The van der Waals surface area contributed by atoms with Crippen LogP contribution in [0.5, 0.6) is 11.5 Å². The van der Waals surface area contributed by atoms with E-state index in [4.69, 9.17) is 9.47 Å². The van der Waals surface area contributed by atoms with Crippen LogP contribution in [-0.4, -0.2) is 13.0 Å². The first-order valence-corrected chi connectivity index (χ1v) is 9.13. The predicted molar refractivity (Wildman–Crippen MR) is 112 cm³/mol. The maximum Gasteiger partial charge on any atom is 0.266 e. The fraction of sp³-hybridized carbons (Fsp3) is 0.0833. The molecule has 3 aromatic rings. The van der Waals surface area contributed by atoms with Gasteiger partial charge in [-0.25, -0.2) is 4.39 Å². The summed E-state index contributed by atoms with van der Waals surface area (Å²) in [6, 6.07) is 22.1. The maximum atomic E-state index is 13.7. The molecule has 0 fully saturated rings. The first kappa shape index (κ1) is 20.6. The van der Waals surface area contributed by atoms with E-state index >= 15 is 0 Å². The maximum absolute atomic E-state index is 13.7. The summed E-state index contributed by atoms with van der Waals surface area (Å²) in [5, 5.41) is 12.1. The van der Waals surface area contributed by atoms with Gasteiger partial charge in [-0.15, -0.1) is 0 Å². The predicted octanol–water partition coefficient (Wildman–Crippen LogP) is 4.96. The van der Waals surface area contributed by atoms with E-state index in [2.05, 4.69) is 5.32 Å². The van der Waals surface area contributed by atoms with E-state index in [0.717, 1.165) is 0 Å². The number of methoxy groups -OCH3 is 1. The molecule has 1 N–H and O–H groups in total. The summed E-state index contributed by atoms with van der Waals surface area (Å²) in [6.45, 7) is 0.104. The van der Waals surface area contributed by atoms with Crippen LogP contribution in [0, 0.1) is 17.1 Å². The molecule has 3 rings (SSSR count). The van der Waals surface area contributed by atoms with Gasteiger partial charge in [0.05, 0.1) is 12.8 Å². The number of anilines is 1. The molecule has 0 radical (unpaired) electrons. The number of carbonyl (C=O) groups is 1. The number of hydrogen-bond donors (Lipinski definition) is 1. The fourth-order valence-corrected chi connectivity index (χ4v) is 2.69. The third kappa shape index (κ3) is 5.24. The van der Waals surface area contributed by atoms with Crippen molar-refractivity contribution in [2.75, 3.05) is 12.4 Å². The molecule has 0 saturated heterocycles. The van der Waals surface area contributed by atoms with Crippen LogP contribution in [-0.2, 0) is 11.4 Å². The molecular weight excluding hydrogens is 383 g/mol. The standard InChI is InChI=1S/C24H19FN2O3/c1-29-23-9-5-4-8-22(23)27-24(28)19(15-26)14-17-10-12-20(13-11-17)30-16-18-6-2-3-7-21(18)25/h2-14H,16H2,1H3,(H,27,28). The molecule has 1 amide bonds. The lowest BCUT2D eigenvalue weighted by Crippen LogP contribution is -2.14. The van der Waals surface area contributed by atoms with Gasteiger partial charge in [-0.05, 0) is 42.0 Å². The topological polar surface area (TPSA) is 71.3 Å². The molecule has 0 spiro atoms. The molecule has 6 heteroatoms. The van der Waals surface area contributed by atoms with Crippen molar-refractivity contribution in [3.63, 3.8) is 0 Å². The number of rotatable bonds is 7. The minimum atomic E-state index is -0.540. The van der Waals surface area contributed by atoms with Crippen molar-refractivity contribution in [2.45, 2.75) is 6.61 Å². The highest BCUT2D eigenvalue weighted by molar-refractivity contribution is 6.10. The van der Waals surface area contributed by atoms with E-state index in [1.54, 1.807) is 66.7 Å². The van der Waals surface area contributed by atoms with Crippen molar-refractivity contribution in [3.05, 3.63) is 95.3 Å². The van der Waals surface area contributed by atoms with Crippen molar-refractivity contribution >= 4 is 17.7 Å². The van der Waals surface area contributed by atoms with Gasteiger partial charge in [0, 0.05) is 5.56 Å². The summed E-state index contributed by atoms with van der Waals surface area (Å²) < 4.78 is 24.4. The van der Waals surface area contributed by atoms with Crippen LogP contribution < -0.4 is 14.8 Å². The highest BCUT2D eigenvalue weighted by Crippen LogP contribution is 2.24.